The zero-order chi connectivity index (χ0) is 17.4. The van der Waals surface area contributed by atoms with Crippen LogP contribution in [0, 0.1) is 13.8 Å². The molecule has 1 atom stereocenters. The molecule has 3 heterocycles. The van der Waals surface area contributed by atoms with Crippen molar-refractivity contribution in [2.24, 2.45) is 0 Å². The summed E-state index contributed by atoms with van der Waals surface area (Å²) in [6.45, 7) is 7.31. The van der Waals surface area contributed by atoms with Gasteiger partial charge in [0.05, 0.1) is 0 Å². The van der Waals surface area contributed by atoms with E-state index in [4.69, 9.17) is 4.74 Å². The van der Waals surface area contributed by atoms with Crippen molar-refractivity contribution in [3.63, 3.8) is 0 Å². The molecule has 2 aliphatic heterocycles. The van der Waals surface area contributed by atoms with Gasteiger partial charge in [-0.1, -0.05) is 18.6 Å². The van der Waals surface area contributed by atoms with Gasteiger partial charge in [0.2, 0.25) is 0 Å². The largest absolute Gasteiger partial charge is 0.440 e. The third-order valence-electron chi connectivity index (χ3n) is 7.18. The molecule has 25 heavy (non-hydrogen) atoms. The molecule has 1 aliphatic carbocycles. The van der Waals surface area contributed by atoms with E-state index in [1.165, 1.54) is 39.7 Å². The van der Waals surface area contributed by atoms with Gasteiger partial charge in [0, 0.05) is 23.1 Å². The van der Waals surface area contributed by atoms with Gasteiger partial charge in [0.1, 0.15) is 11.1 Å². The Morgan fingerprint density at radius 2 is 1.92 bits per heavy atom. The Bertz CT molecular complexity index is 891. The summed E-state index contributed by atoms with van der Waals surface area (Å²) in [5, 5.41) is 1.34. The monoisotopic (exact) mass is 338 g/mol. The minimum Gasteiger partial charge on any atom is -0.440 e. The fourth-order valence-electron chi connectivity index (χ4n) is 5.74. The minimum absolute atomic E-state index is 0.120. The summed E-state index contributed by atoms with van der Waals surface area (Å²) < 4.78 is 6.16. The lowest BCUT2D eigenvalue weighted by atomic mass is 9.67. The van der Waals surface area contributed by atoms with E-state index in [0.717, 1.165) is 38.6 Å². The number of ether oxygens (including phenoxy) is 1. The molecule has 4 nitrogen and oxygen atoms in total. The highest BCUT2D eigenvalue weighted by atomic mass is 16.6. The van der Waals surface area contributed by atoms with Gasteiger partial charge in [0.15, 0.2) is 0 Å². The minimum atomic E-state index is -0.379. The van der Waals surface area contributed by atoms with Gasteiger partial charge in [-0.15, -0.1) is 0 Å². The Morgan fingerprint density at radius 1 is 1.16 bits per heavy atom. The van der Waals surface area contributed by atoms with Gasteiger partial charge in [-0.2, -0.15) is 0 Å². The first kappa shape index (κ1) is 15.3. The van der Waals surface area contributed by atoms with Gasteiger partial charge in [-0.25, -0.2) is 4.79 Å². The Kier molecular flexibility index (Phi) is 2.94. The van der Waals surface area contributed by atoms with Crippen molar-refractivity contribution in [3.05, 3.63) is 34.5 Å². The molecule has 1 saturated heterocycles. The highest BCUT2D eigenvalue weighted by Gasteiger charge is 2.64. The number of nitrogens with one attached hydrogen (secondary N) is 1. The topological polar surface area (TPSA) is 45.3 Å². The predicted molar refractivity (Wildman–Crippen MR) is 97.8 cm³/mol. The van der Waals surface area contributed by atoms with Crippen molar-refractivity contribution in [3.8, 4) is 0 Å². The number of benzene rings is 1. The summed E-state index contributed by atoms with van der Waals surface area (Å²) in [6, 6.07) is 4.45. The quantitative estimate of drug-likeness (QED) is 0.756. The average molecular weight is 338 g/mol. The number of hydrogen-bond donors (Lipinski definition) is 1. The zero-order valence-electron chi connectivity index (χ0n) is 15.4. The van der Waals surface area contributed by atoms with Crippen LogP contribution in [0.25, 0.3) is 10.9 Å². The summed E-state index contributed by atoms with van der Waals surface area (Å²) in [5.41, 5.74) is 5.64. The molecule has 132 valence electrons. The number of hydrogen-bond acceptors (Lipinski definition) is 2. The Labute approximate surface area is 148 Å². The number of nitrogens with zero attached hydrogens (tertiary/aromatic N) is 1. The Hall–Kier alpha value is -1.97. The van der Waals surface area contributed by atoms with E-state index < -0.39 is 0 Å². The van der Waals surface area contributed by atoms with Crippen molar-refractivity contribution < 1.29 is 9.53 Å². The number of H-pyrrole nitrogens is 1. The number of carbonyl (C=O) groups is 1. The van der Waals surface area contributed by atoms with E-state index in [-0.39, 0.29) is 17.2 Å². The van der Waals surface area contributed by atoms with E-state index in [9.17, 15) is 4.79 Å². The molecular weight excluding hydrogens is 312 g/mol. The fraction of sp³-hybridized carbons (Fsp3) is 0.571. The maximum absolute atomic E-state index is 12.9. The molecule has 5 rings (SSSR count). The van der Waals surface area contributed by atoms with Crippen molar-refractivity contribution in [1.29, 1.82) is 0 Å². The molecule has 0 radical (unpaired) electrons. The fourth-order valence-corrected chi connectivity index (χ4v) is 5.74. The summed E-state index contributed by atoms with van der Waals surface area (Å²) in [4.78, 5) is 18.5. The van der Waals surface area contributed by atoms with E-state index in [1.54, 1.807) is 0 Å². The zero-order valence-corrected chi connectivity index (χ0v) is 15.4. The van der Waals surface area contributed by atoms with Gasteiger partial charge in [-0.05, 0) is 69.6 Å². The summed E-state index contributed by atoms with van der Waals surface area (Å²) >= 11 is 0. The van der Waals surface area contributed by atoms with Crippen LogP contribution >= 0.6 is 0 Å². The molecular formula is C21H26N2O2. The number of rotatable bonds is 0. The first-order valence-corrected chi connectivity index (χ1v) is 9.60. The smallest absolute Gasteiger partial charge is 0.411 e. The van der Waals surface area contributed by atoms with Crippen molar-refractivity contribution in [2.45, 2.75) is 70.4 Å². The van der Waals surface area contributed by atoms with Crippen LogP contribution in [0.1, 0.15) is 61.4 Å². The van der Waals surface area contributed by atoms with Crippen molar-refractivity contribution >= 4 is 17.0 Å². The number of amides is 1. The first-order chi connectivity index (χ1) is 12.0. The molecule has 0 bridgehead atoms. The molecule has 2 fully saturated rings. The highest BCUT2D eigenvalue weighted by Crippen LogP contribution is 2.56. The Morgan fingerprint density at radius 3 is 2.68 bits per heavy atom. The van der Waals surface area contributed by atoms with Crippen LogP contribution in [0.15, 0.2) is 12.1 Å². The molecule has 1 amide bonds. The van der Waals surface area contributed by atoms with Gasteiger partial charge >= 0.3 is 6.09 Å². The third kappa shape index (κ3) is 1.70. The van der Waals surface area contributed by atoms with Crippen molar-refractivity contribution in [1.82, 2.24) is 9.88 Å². The number of aryl methyl sites for hydroxylation is 2. The number of fused-ring (bicyclic) bond motifs is 3. The van der Waals surface area contributed by atoms with Crippen LogP contribution in [0.4, 0.5) is 4.79 Å². The normalized spacial score (nSPS) is 27.5. The van der Waals surface area contributed by atoms with E-state index >= 15 is 0 Å². The van der Waals surface area contributed by atoms with Gasteiger partial charge in [-0.3, -0.25) is 4.90 Å². The van der Waals surface area contributed by atoms with Crippen LogP contribution in [0.5, 0.6) is 0 Å². The second-order valence-corrected chi connectivity index (χ2v) is 8.31. The molecule has 0 unspecified atom stereocenters. The average Bonchev–Trinajstić information content (AvgIpc) is 2.95. The Balaban J connectivity index is 1.85. The van der Waals surface area contributed by atoms with Crippen LogP contribution in [-0.2, 0) is 16.7 Å². The molecule has 1 aromatic carbocycles. The van der Waals surface area contributed by atoms with Crippen LogP contribution < -0.4 is 0 Å². The second kappa shape index (κ2) is 4.80. The van der Waals surface area contributed by atoms with Crippen LogP contribution in [0.2, 0.25) is 0 Å². The molecule has 4 heteroatoms. The second-order valence-electron chi connectivity index (χ2n) is 8.31. The van der Waals surface area contributed by atoms with E-state index in [2.05, 4.69) is 37.9 Å². The predicted octanol–water partition coefficient (Wildman–Crippen LogP) is 4.71. The number of aromatic amines is 1. The van der Waals surface area contributed by atoms with Crippen LogP contribution in [-0.4, -0.2) is 28.1 Å². The van der Waals surface area contributed by atoms with Crippen LogP contribution in [0.3, 0.4) is 0 Å². The molecule has 3 aliphatic rings. The lowest BCUT2D eigenvalue weighted by molar-refractivity contribution is -0.0399. The van der Waals surface area contributed by atoms with Gasteiger partial charge in [0.25, 0.3) is 0 Å². The first-order valence-electron chi connectivity index (χ1n) is 9.60. The summed E-state index contributed by atoms with van der Waals surface area (Å²) in [7, 11) is 0. The summed E-state index contributed by atoms with van der Waals surface area (Å²) in [6.07, 6.45) is 6.25. The van der Waals surface area contributed by atoms with E-state index in [1.807, 2.05) is 4.90 Å². The van der Waals surface area contributed by atoms with Crippen molar-refractivity contribution in [2.75, 3.05) is 6.54 Å². The molecule has 2 aromatic rings. The SMILES string of the molecule is Cc1[nH]c2c(C)ccc3c2c1CCN1C(=O)OC2(CCCCC2)[C@]31C. The maximum atomic E-state index is 12.9. The van der Waals surface area contributed by atoms with Gasteiger partial charge < -0.3 is 9.72 Å². The maximum Gasteiger partial charge on any atom is 0.411 e. The molecule has 1 saturated carbocycles. The molecule has 1 aromatic heterocycles. The molecule has 1 N–H and O–H groups in total. The number of aromatic nitrogens is 1. The standard InChI is InChI=1S/C21H26N2O2/c1-13-7-8-16-17-15(14(2)22-18(13)17)9-12-23-19(24)25-21(20(16,23)3)10-5-4-6-11-21/h7-8,22H,4-6,9-12H2,1-3H3/t20-/m0/s1. The third-order valence-corrected chi connectivity index (χ3v) is 7.18. The number of carbonyl (C=O) groups excluding carboxylic acids is 1. The lowest BCUT2D eigenvalue weighted by Gasteiger charge is -2.46. The summed E-state index contributed by atoms with van der Waals surface area (Å²) in [5.74, 6) is 0. The highest BCUT2D eigenvalue weighted by molar-refractivity contribution is 5.93. The molecule has 1 spiro atoms. The lowest BCUT2D eigenvalue weighted by Crippen LogP contribution is -2.54. The van der Waals surface area contributed by atoms with E-state index in [0.29, 0.717) is 0 Å².